The summed E-state index contributed by atoms with van der Waals surface area (Å²) in [5.41, 5.74) is -2.03. The SMILES string of the molecule is CC(C)CCNC(=O)c1cn(CC(C)C)cc(C(=O)N[C@@H](c2cccnc2)C(F)(F)F)c1=O. The van der Waals surface area contributed by atoms with Gasteiger partial charge in [-0.2, -0.15) is 13.2 Å². The molecule has 0 aliphatic rings. The van der Waals surface area contributed by atoms with E-state index in [-0.39, 0.29) is 17.0 Å². The van der Waals surface area contributed by atoms with E-state index >= 15 is 0 Å². The van der Waals surface area contributed by atoms with Crippen LogP contribution in [0.25, 0.3) is 0 Å². The number of hydrogen-bond donors (Lipinski definition) is 2. The molecule has 10 heteroatoms. The maximum Gasteiger partial charge on any atom is 0.412 e. The molecule has 2 rings (SSSR count). The average molecular weight is 467 g/mol. The summed E-state index contributed by atoms with van der Waals surface area (Å²) >= 11 is 0. The predicted octanol–water partition coefficient (Wildman–Crippen LogP) is 3.71. The number of aromatic nitrogens is 2. The number of pyridine rings is 2. The van der Waals surface area contributed by atoms with Gasteiger partial charge in [0.15, 0.2) is 6.04 Å². The van der Waals surface area contributed by atoms with Crippen LogP contribution in [0.1, 0.15) is 66.4 Å². The average Bonchev–Trinajstić information content (AvgIpc) is 2.72. The zero-order valence-electron chi connectivity index (χ0n) is 19.1. The summed E-state index contributed by atoms with van der Waals surface area (Å²) in [6, 6.07) is 0.138. The van der Waals surface area contributed by atoms with Crippen LogP contribution in [0.3, 0.4) is 0 Å². The van der Waals surface area contributed by atoms with E-state index in [2.05, 4.69) is 10.3 Å². The first-order valence-corrected chi connectivity index (χ1v) is 10.7. The van der Waals surface area contributed by atoms with Gasteiger partial charge in [0.2, 0.25) is 5.43 Å². The number of halogens is 3. The van der Waals surface area contributed by atoms with E-state index in [1.165, 1.54) is 35.3 Å². The maximum absolute atomic E-state index is 13.7. The normalized spacial score (nSPS) is 12.6. The number of hydrogen-bond acceptors (Lipinski definition) is 4. The molecule has 0 fully saturated rings. The van der Waals surface area contributed by atoms with Crippen molar-refractivity contribution < 1.29 is 22.8 Å². The summed E-state index contributed by atoms with van der Waals surface area (Å²) in [6.07, 6.45) is 0.677. The highest BCUT2D eigenvalue weighted by Gasteiger charge is 2.42. The van der Waals surface area contributed by atoms with E-state index in [0.29, 0.717) is 25.4 Å². The maximum atomic E-state index is 13.7. The van der Waals surface area contributed by atoms with Gasteiger partial charge in [-0.05, 0) is 24.3 Å². The highest BCUT2D eigenvalue weighted by molar-refractivity contribution is 5.99. The molecule has 2 heterocycles. The zero-order valence-corrected chi connectivity index (χ0v) is 19.1. The van der Waals surface area contributed by atoms with Crippen molar-refractivity contribution in [1.29, 1.82) is 0 Å². The Kier molecular flexibility index (Phi) is 8.78. The van der Waals surface area contributed by atoms with E-state index in [1.807, 2.05) is 33.0 Å². The molecule has 0 radical (unpaired) electrons. The lowest BCUT2D eigenvalue weighted by Gasteiger charge is -2.22. The minimum Gasteiger partial charge on any atom is -0.352 e. The third-order valence-corrected chi connectivity index (χ3v) is 4.77. The van der Waals surface area contributed by atoms with Gasteiger partial charge in [0.05, 0.1) is 0 Å². The summed E-state index contributed by atoms with van der Waals surface area (Å²) in [5.74, 6) is -1.47. The lowest BCUT2D eigenvalue weighted by Crippen LogP contribution is -2.41. The summed E-state index contributed by atoms with van der Waals surface area (Å²) in [5, 5.41) is 4.52. The molecular weight excluding hydrogens is 437 g/mol. The van der Waals surface area contributed by atoms with Gasteiger partial charge in [0.25, 0.3) is 11.8 Å². The minimum atomic E-state index is -4.82. The Morgan fingerprint density at radius 3 is 2.21 bits per heavy atom. The molecule has 0 saturated carbocycles. The van der Waals surface area contributed by atoms with E-state index in [0.717, 1.165) is 6.20 Å². The molecule has 1 atom stereocenters. The molecule has 0 bridgehead atoms. The Hall–Kier alpha value is -3.17. The highest BCUT2D eigenvalue weighted by atomic mass is 19.4. The number of carbonyl (C=O) groups is 2. The lowest BCUT2D eigenvalue weighted by atomic mass is 10.1. The first-order chi connectivity index (χ1) is 15.4. The van der Waals surface area contributed by atoms with Crippen molar-refractivity contribution in [3.63, 3.8) is 0 Å². The predicted molar refractivity (Wildman–Crippen MR) is 118 cm³/mol. The Bertz CT molecular complexity index is 1020. The van der Waals surface area contributed by atoms with Gasteiger partial charge in [-0.25, -0.2) is 0 Å². The summed E-state index contributed by atoms with van der Waals surface area (Å²) in [7, 11) is 0. The van der Waals surface area contributed by atoms with Crippen LogP contribution in [-0.4, -0.2) is 34.1 Å². The van der Waals surface area contributed by atoms with Crippen molar-refractivity contribution in [2.45, 2.75) is 52.9 Å². The fraction of sp³-hybridized carbons (Fsp3) is 0.478. The standard InChI is InChI=1S/C23H29F3N4O3/c1-14(2)7-9-28-21(32)17-12-30(11-15(3)4)13-18(19(17)31)22(33)29-20(23(24,25)26)16-6-5-8-27-10-16/h5-6,8,10,12-15,20H,7,9,11H2,1-4H3,(H,28,32)(H,29,33)/t20-/m0/s1. The summed E-state index contributed by atoms with van der Waals surface area (Å²) in [4.78, 5) is 42.1. The quantitative estimate of drug-likeness (QED) is 0.589. The molecule has 0 unspecified atom stereocenters. The monoisotopic (exact) mass is 466 g/mol. The molecule has 0 aliphatic carbocycles. The van der Waals surface area contributed by atoms with Gasteiger partial charge in [-0.1, -0.05) is 33.8 Å². The minimum absolute atomic E-state index is 0.0959. The number of amides is 2. The van der Waals surface area contributed by atoms with E-state index < -0.39 is 35.0 Å². The van der Waals surface area contributed by atoms with Crippen molar-refractivity contribution in [3.05, 3.63) is 63.8 Å². The van der Waals surface area contributed by atoms with Gasteiger partial charge in [0, 0.05) is 43.4 Å². The van der Waals surface area contributed by atoms with Crippen molar-refractivity contribution >= 4 is 11.8 Å². The molecule has 0 spiro atoms. The summed E-state index contributed by atoms with van der Waals surface area (Å²) < 4.78 is 42.4. The van der Waals surface area contributed by atoms with Crippen LogP contribution in [0.4, 0.5) is 13.2 Å². The third-order valence-electron chi connectivity index (χ3n) is 4.77. The van der Waals surface area contributed by atoms with Crippen molar-refractivity contribution in [3.8, 4) is 0 Å². The second-order valence-electron chi connectivity index (χ2n) is 8.68. The van der Waals surface area contributed by atoms with Crippen LogP contribution in [0.15, 0.2) is 41.7 Å². The summed E-state index contributed by atoms with van der Waals surface area (Å²) in [6.45, 7) is 8.43. The first kappa shape index (κ1) is 26.1. The molecule has 2 N–H and O–H groups in total. The smallest absolute Gasteiger partial charge is 0.352 e. The largest absolute Gasteiger partial charge is 0.412 e. The van der Waals surface area contributed by atoms with Crippen LogP contribution < -0.4 is 16.1 Å². The van der Waals surface area contributed by atoms with Crippen LogP contribution >= 0.6 is 0 Å². The molecular formula is C23H29F3N4O3. The Labute approximate surface area is 190 Å². The topological polar surface area (TPSA) is 93.1 Å². The van der Waals surface area contributed by atoms with Gasteiger partial charge >= 0.3 is 6.18 Å². The number of nitrogens with one attached hydrogen (secondary N) is 2. The molecule has 180 valence electrons. The van der Waals surface area contributed by atoms with E-state index in [1.54, 1.807) is 0 Å². The molecule has 0 saturated heterocycles. The lowest BCUT2D eigenvalue weighted by molar-refractivity contribution is -0.155. The number of carbonyl (C=O) groups excluding carboxylic acids is 2. The van der Waals surface area contributed by atoms with Gasteiger partial charge in [-0.3, -0.25) is 19.4 Å². The zero-order chi connectivity index (χ0) is 24.8. The van der Waals surface area contributed by atoms with Crippen molar-refractivity contribution in [2.75, 3.05) is 6.54 Å². The van der Waals surface area contributed by atoms with Crippen LogP contribution in [0, 0.1) is 11.8 Å². The third kappa shape index (κ3) is 7.44. The van der Waals surface area contributed by atoms with Crippen LogP contribution in [0.2, 0.25) is 0 Å². The number of rotatable bonds is 9. The first-order valence-electron chi connectivity index (χ1n) is 10.7. The molecule has 2 aromatic rings. The fourth-order valence-electron chi connectivity index (χ4n) is 3.16. The van der Waals surface area contributed by atoms with Gasteiger partial charge in [0.1, 0.15) is 11.1 Å². The molecule has 33 heavy (non-hydrogen) atoms. The van der Waals surface area contributed by atoms with Gasteiger partial charge < -0.3 is 15.2 Å². The fourth-order valence-corrected chi connectivity index (χ4v) is 3.16. The molecule has 0 aliphatic heterocycles. The Morgan fingerprint density at radius 2 is 1.70 bits per heavy atom. The van der Waals surface area contributed by atoms with Crippen LogP contribution in [-0.2, 0) is 6.54 Å². The Morgan fingerprint density at radius 1 is 1.06 bits per heavy atom. The van der Waals surface area contributed by atoms with Crippen molar-refractivity contribution in [2.24, 2.45) is 11.8 Å². The molecule has 7 nitrogen and oxygen atoms in total. The molecule has 2 amide bonds. The highest BCUT2D eigenvalue weighted by Crippen LogP contribution is 2.32. The van der Waals surface area contributed by atoms with Crippen molar-refractivity contribution in [1.82, 2.24) is 20.2 Å². The second-order valence-corrected chi connectivity index (χ2v) is 8.68. The van der Waals surface area contributed by atoms with Crippen LogP contribution in [0.5, 0.6) is 0 Å². The second kappa shape index (κ2) is 11.1. The number of nitrogens with zero attached hydrogens (tertiary/aromatic N) is 2. The number of alkyl halides is 3. The molecule has 0 aromatic carbocycles. The van der Waals surface area contributed by atoms with E-state index in [9.17, 15) is 27.6 Å². The Balaban J connectivity index is 2.43. The molecule has 2 aromatic heterocycles. The van der Waals surface area contributed by atoms with E-state index in [4.69, 9.17) is 0 Å². The van der Waals surface area contributed by atoms with Gasteiger partial charge in [-0.15, -0.1) is 0 Å².